The quantitative estimate of drug-likeness (QED) is 0.407. The minimum absolute atomic E-state index is 0.218. The summed E-state index contributed by atoms with van der Waals surface area (Å²) in [6.45, 7) is 6.21. The summed E-state index contributed by atoms with van der Waals surface area (Å²) >= 11 is 0. The maximum absolute atomic E-state index is 13.7. The fourth-order valence-electron chi connectivity index (χ4n) is 4.71. The molecule has 3 amide bonds. The molecule has 0 aliphatic carbocycles. The summed E-state index contributed by atoms with van der Waals surface area (Å²) < 4.78 is 19.4. The fourth-order valence-corrected chi connectivity index (χ4v) is 4.71. The van der Waals surface area contributed by atoms with Crippen molar-refractivity contribution in [2.45, 2.75) is 57.8 Å². The average molecular weight is 469 g/mol. The number of halogens is 1. The Bertz CT molecular complexity index is 1110. The highest BCUT2D eigenvalue weighted by Crippen LogP contribution is 2.39. The van der Waals surface area contributed by atoms with E-state index >= 15 is 0 Å². The number of carbonyl (C=O) groups is 3. The molecule has 2 aromatic carbocycles. The van der Waals surface area contributed by atoms with Gasteiger partial charge in [-0.15, -0.1) is 0 Å². The Labute approximate surface area is 197 Å². The molecule has 1 fully saturated rings. The molecule has 2 aliphatic rings. The molecule has 2 unspecified atom stereocenters. The van der Waals surface area contributed by atoms with Crippen LogP contribution < -0.4 is 11.3 Å². The number of hydrogen-bond donors (Lipinski definition) is 2. The molecule has 0 aromatic heterocycles. The van der Waals surface area contributed by atoms with Crippen LogP contribution >= 0.6 is 0 Å². The molecule has 3 N–H and O–H groups in total. The van der Waals surface area contributed by atoms with Crippen LogP contribution in [0.4, 0.5) is 9.18 Å². The molecule has 34 heavy (non-hydrogen) atoms. The average Bonchev–Trinajstić information content (AvgIpc) is 3.13. The summed E-state index contributed by atoms with van der Waals surface area (Å²) in [5.74, 6) is 4.16. The van der Waals surface area contributed by atoms with Crippen molar-refractivity contribution in [3.63, 3.8) is 0 Å². The zero-order valence-electron chi connectivity index (χ0n) is 19.5. The highest BCUT2D eigenvalue weighted by atomic mass is 19.1. The predicted molar refractivity (Wildman–Crippen MR) is 123 cm³/mol. The van der Waals surface area contributed by atoms with Gasteiger partial charge in [-0.2, -0.15) is 0 Å². The number of likely N-dealkylation sites (tertiary alicyclic amines) is 1. The molecule has 0 bridgehead atoms. The number of benzene rings is 2. The van der Waals surface area contributed by atoms with E-state index in [2.05, 4.69) is 5.43 Å². The van der Waals surface area contributed by atoms with Gasteiger partial charge in [0.1, 0.15) is 11.4 Å². The first-order chi connectivity index (χ1) is 16.1. The van der Waals surface area contributed by atoms with E-state index in [-0.39, 0.29) is 17.8 Å². The van der Waals surface area contributed by atoms with Gasteiger partial charge in [0.25, 0.3) is 11.8 Å². The van der Waals surface area contributed by atoms with Gasteiger partial charge in [0.2, 0.25) is 0 Å². The number of fused-ring (bicyclic) bond motifs is 1. The van der Waals surface area contributed by atoms with E-state index in [0.29, 0.717) is 37.1 Å². The molecule has 0 spiro atoms. The number of amides is 3. The zero-order valence-corrected chi connectivity index (χ0v) is 19.5. The molecule has 1 saturated heterocycles. The summed E-state index contributed by atoms with van der Waals surface area (Å²) in [7, 11) is 0. The molecular weight excluding hydrogens is 439 g/mol. The molecule has 0 saturated carbocycles. The molecule has 180 valence electrons. The second-order valence-corrected chi connectivity index (χ2v) is 9.66. The Morgan fingerprint density at radius 1 is 1.15 bits per heavy atom. The zero-order chi connectivity index (χ0) is 24.6. The molecule has 9 heteroatoms. The topological polar surface area (TPSA) is 105 Å². The van der Waals surface area contributed by atoms with E-state index in [1.165, 1.54) is 12.1 Å². The Morgan fingerprint density at radius 3 is 2.50 bits per heavy atom. The monoisotopic (exact) mass is 468 g/mol. The van der Waals surface area contributed by atoms with Crippen LogP contribution in [0.1, 0.15) is 71.5 Å². The van der Waals surface area contributed by atoms with E-state index in [1.807, 2.05) is 0 Å². The van der Waals surface area contributed by atoms with Crippen molar-refractivity contribution in [2.24, 2.45) is 5.84 Å². The number of nitrogens with one attached hydrogen (secondary N) is 1. The molecule has 2 atom stereocenters. The second kappa shape index (κ2) is 9.06. The molecule has 2 aliphatic heterocycles. The molecule has 4 rings (SSSR count). The molecule has 0 radical (unpaired) electrons. The minimum Gasteiger partial charge on any atom is -0.444 e. The third-order valence-corrected chi connectivity index (χ3v) is 6.17. The van der Waals surface area contributed by atoms with Crippen LogP contribution in [0.15, 0.2) is 42.5 Å². The van der Waals surface area contributed by atoms with Crippen molar-refractivity contribution in [3.05, 3.63) is 70.5 Å². The van der Waals surface area contributed by atoms with Crippen molar-refractivity contribution >= 4 is 17.9 Å². The molecule has 2 heterocycles. The first-order valence-corrected chi connectivity index (χ1v) is 11.3. The van der Waals surface area contributed by atoms with Crippen LogP contribution in [0.25, 0.3) is 0 Å². The molecule has 8 nitrogen and oxygen atoms in total. The van der Waals surface area contributed by atoms with Crippen LogP contribution in [0.5, 0.6) is 0 Å². The number of nitrogens with zero attached hydrogens (tertiary/aromatic N) is 2. The molecular formula is C25H29FN4O4. The number of rotatable bonds is 3. The normalized spacial score (nSPS) is 20.2. The van der Waals surface area contributed by atoms with E-state index < -0.39 is 23.6 Å². The van der Waals surface area contributed by atoms with Crippen molar-refractivity contribution in [1.29, 1.82) is 0 Å². The van der Waals surface area contributed by atoms with Crippen LogP contribution in [0.2, 0.25) is 0 Å². The summed E-state index contributed by atoms with van der Waals surface area (Å²) in [5, 5.41) is 0. The van der Waals surface area contributed by atoms with Gasteiger partial charge in [-0.3, -0.25) is 19.9 Å². The number of hydrogen-bond acceptors (Lipinski definition) is 5. The first kappa shape index (κ1) is 23.7. The second-order valence-electron chi connectivity index (χ2n) is 9.66. The third kappa shape index (κ3) is 4.61. The Balaban J connectivity index is 1.70. The first-order valence-electron chi connectivity index (χ1n) is 11.3. The van der Waals surface area contributed by atoms with Crippen molar-refractivity contribution in [2.75, 3.05) is 6.54 Å². The van der Waals surface area contributed by atoms with Gasteiger partial charge >= 0.3 is 6.09 Å². The maximum atomic E-state index is 13.7. The van der Waals surface area contributed by atoms with Crippen molar-refractivity contribution < 1.29 is 23.5 Å². The van der Waals surface area contributed by atoms with Crippen molar-refractivity contribution in [1.82, 2.24) is 15.2 Å². The Morgan fingerprint density at radius 2 is 1.85 bits per heavy atom. The largest absolute Gasteiger partial charge is 0.444 e. The van der Waals surface area contributed by atoms with Crippen molar-refractivity contribution in [3.8, 4) is 0 Å². The van der Waals surface area contributed by atoms with E-state index in [1.54, 1.807) is 60.9 Å². The number of piperidine rings is 1. The maximum Gasteiger partial charge on any atom is 0.410 e. The summed E-state index contributed by atoms with van der Waals surface area (Å²) in [6.07, 6.45) is 0.873. The van der Waals surface area contributed by atoms with Crippen LogP contribution in [-0.2, 0) is 11.3 Å². The number of hydrazine groups is 1. The highest BCUT2D eigenvalue weighted by molar-refractivity contribution is 6.02. The Kier molecular flexibility index (Phi) is 6.31. The lowest BCUT2D eigenvalue weighted by Crippen LogP contribution is -2.53. The lowest BCUT2D eigenvalue weighted by Gasteiger charge is -2.45. The van der Waals surface area contributed by atoms with Crippen LogP contribution in [0.3, 0.4) is 0 Å². The standard InChI is InChI=1S/C25H29FN4O4/c1-25(2,3)34-24(33)29-12-4-5-20(21(29)15-8-10-18(26)11-9-15)30-14-17-7-6-16(22(31)28-27)13-19(17)23(30)32/h6-11,13,20-21H,4-5,12,14,27H2,1-3H3,(H,28,31). The van der Waals surface area contributed by atoms with Crippen LogP contribution in [-0.4, -0.2) is 45.9 Å². The van der Waals surface area contributed by atoms with Gasteiger partial charge in [0.15, 0.2) is 0 Å². The number of nitrogens with two attached hydrogens (primary N) is 1. The summed E-state index contributed by atoms with van der Waals surface area (Å²) in [6, 6.07) is 10.1. The summed E-state index contributed by atoms with van der Waals surface area (Å²) in [4.78, 5) is 41.9. The van der Waals surface area contributed by atoms with Gasteiger partial charge < -0.3 is 9.64 Å². The Hall–Kier alpha value is -3.46. The van der Waals surface area contributed by atoms with Gasteiger partial charge in [0, 0.05) is 24.2 Å². The lowest BCUT2D eigenvalue weighted by atomic mass is 9.89. The lowest BCUT2D eigenvalue weighted by molar-refractivity contribution is -0.00969. The highest BCUT2D eigenvalue weighted by Gasteiger charge is 2.44. The van der Waals surface area contributed by atoms with E-state index in [9.17, 15) is 18.8 Å². The SMILES string of the molecule is CC(C)(C)OC(=O)N1CCCC(N2Cc3ccc(C(=O)NN)cc3C2=O)C1c1ccc(F)cc1. The van der Waals surface area contributed by atoms with Crippen LogP contribution in [0, 0.1) is 5.82 Å². The number of nitrogen functional groups attached to an aromatic ring is 1. The van der Waals surface area contributed by atoms with Gasteiger partial charge in [-0.25, -0.2) is 15.0 Å². The minimum atomic E-state index is -0.683. The summed E-state index contributed by atoms with van der Waals surface area (Å²) in [5.41, 5.74) is 3.65. The fraction of sp³-hybridized carbons (Fsp3) is 0.400. The third-order valence-electron chi connectivity index (χ3n) is 6.17. The van der Waals surface area contributed by atoms with E-state index in [0.717, 1.165) is 11.1 Å². The smallest absolute Gasteiger partial charge is 0.410 e. The number of carbonyl (C=O) groups excluding carboxylic acids is 3. The van der Waals surface area contributed by atoms with E-state index in [4.69, 9.17) is 10.6 Å². The predicted octanol–water partition coefficient (Wildman–Crippen LogP) is 3.53. The number of ether oxygens (including phenoxy) is 1. The van der Waals surface area contributed by atoms with Gasteiger partial charge in [0.05, 0.1) is 12.1 Å². The van der Waals surface area contributed by atoms with Gasteiger partial charge in [-0.05, 0) is 69.0 Å². The van der Waals surface area contributed by atoms with Gasteiger partial charge in [-0.1, -0.05) is 18.2 Å². The molecule has 2 aromatic rings.